The van der Waals surface area contributed by atoms with Gasteiger partial charge < -0.3 is 9.47 Å². The largest absolute Gasteiger partial charge is 0.381 e. The molecule has 0 radical (unpaired) electrons. The van der Waals surface area contributed by atoms with Gasteiger partial charge in [-0.3, -0.25) is 0 Å². The van der Waals surface area contributed by atoms with Crippen molar-refractivity contribution in [2.75, 3.05) is 19.8 Å². The van der Waals surface area contributed by atoms with Gasteiger partial charge in [0.1, 0.15) is 5.82 Å². The van der Waals surface area contributed by atoms with E-state index in [1.807, 2.05) is 6.07 Å². The molecule has 0 unspecified atom stereocenters. The molecule has 1 aromatic rings. The predicted octanol–water partition coefficient (Wildman–Crippen LogP) is 2.64. The molecule has 0 amide bonds. The predicted molar refractivity (Wildman–Crippen MR) is 64.3 cm³/mol. The minimum absolute atomic E-state index is 0.333. The van der Waals surface area contributed by atoms with Gasteiger partial charge in [-0.2, -0.15) is 5.26 Å². The van der Waals surface area contributed by atoms with Crippen molar-refractivity contribution in [1.29, 1.82) is 5.26 Å². The topological polar surface area (TPSA) is 42.2 Å². The van der Waals surface area contributed by atoms with E-state index in [4.69, 9.17) is 14.7 Å². The Balaban J connectivity index is 1.82. The zero-order valence-corrected chi connectivity index (χ0v) is 10.2. The summed E-state index contributed by atoms with van der Waals surface area (Å²) in [6.07, 6.45) is 2.04. The van der Waals surface area contributed by atoms with Crippen molar-refractivity contribution < 1.29 is 13.9 Å². The molecule has 0 aromatic heterocycles. The van der Waals surface area contributed by atoms with Crippen LogP contribution >= 0.6 is 0 Å². The molecule has 0 atom stereocenters. The number of hydrogen-bond donors (Lipinski definition) is 0. The highest BCUT2D eigenvalue weighted by Gasteiger charge is 2.13. The molecule has 4 heteroatoms. The lowest BCUT2D eigenvalue weighted by molar-refractivity contribution is 0.0157. The van der Waals surface area contributed by atoms with E-state index in [2.05, 4.69) is 0 Å². The van der Waals surface area contributed by atoms with Gasteiger partial charge in [0.15, 0.2) is 0 Å². The summed E-state index contributed by atoms with van der Waals surface area (Å²) >= 11 is 0. The van der Waals surface area contributed by atoms with E-state index in [1.165, 1.54) is 12.1 Å². The molecule has 2 rings (SSSR count). The maximum atomic E-state index is 13.2. The summed E-state index contributed by atoms with van der Waals surface area (Å²) in [5.41, 5.74) is 1.04. The molecule has 1 fully saturated rings. The van der Waals surface area contributed by atoms with Crippen LogP contribution in [0.3, 0.4) is 0 Å². The van der Waals surface area contributed by atoms with Gasteiger partial charge in [0.25, 0.3) is 0 Å². The molecule has 1 aliphatic rings. The Kier molecular flexibility index (Phi) is 4.68. The quantitative estimate of drug-likeness (QED) is 0.823. The Bertz CT molecular complexity index is 436. The number of hydrogen-bond acceptors (Lipinski definition) is 3. The van der Waals surface area contributed by atoms with E-state index in [0.717, 1.165) is 26.1 Å². The van der Waals surface area contributed by atoms with Gasteiger partial charge in [0, 0.05) is 13.2 Å². The van der Waals surface area contributed by atoms with E-state index in [-0.39, 0.29) is 0 Å². The molecule has 0 bridgehead atoms. The number of rotatable bonds is 4. The Morgan fingerprint density at radius 3 is 2.83 bits per heavy atom. The summed E-state index contributed by atoms with van der Waals surface area (Å²) < 4.78 is 24.0. The third-order valence-electron chi connectivity index (χ3n) is 3.05. The smallest absolute Gasteiger partial charge is 0.124 e. The third kappa shape index (κ3) is 3.80. The van der Waals surface area contributed by atoms with Crippen molar-refractivity contribution in [2.45, 2.75) is 19.4 Å². The minimum atomic E-state index is -0.390. The van der Waals surface area contributed by atoms with Crippen molar-refractivity contribution in [2.24, 2.45) is 5.92 Å². The first-order chi connectivity index (χ1) is 8.78. The highest BCUT2D eigenvalue weighted by atomic mass is 19.1. The molecule has 0 spiro atoms. The Labute approximate surface area is 106 Å². The summed E-state index contributed by atoms with van der Waals surface area (Å²) in [7, 11) is 0. The summed E-state index contributed by atoms with van der Waals surface area (Å²) in [4.78, 5) is 0. The van der Waals surface area contributed by atoms with Gasteiger partial charge in [-0.05, 0) is 42.5 Å². The second kappa shape index (κ2) is 6.48. The molecule has 1 saturated heterocycles. The van der Waals surface area contributed by atoms with Gasteiger partial charge in [-0.15, -0.1) is 0 Å². The third-order valence-corrected chi connectivity index (χ3v) is 3.05. The molecule has 0 aliphatic carbocycles. The van der Waals surface area contributed by atoms with Crippen LogP contribution in [0.15, 0.2) is 18.2 Å². The van der Waals surface area contributed by atoms with Crippen LogP contribution in [0.5, 0.6) is 0 Å². The maximum absolute atomic E-state index is 13.2. The first-order valence-corrected chi connectivity index (χ1v) is 6.13. The van der Waals surface area contributed by atoms with Gasteiger partial charge in [0.2, 0.25) is 0 Å². The fourth-order valence-electron chi connectivity index (χ4n) is 2.05. The SMILES string of the molecule is N#Cc1cc(F)cc(COCC2CCOCC2)c1. The first-order valence-electron chi connectivity index (χ1n) is 6.13. The molecule has 1 heterocycles. The molecule has 1 aliphatic heterocycles. The van der Waals surface area contributed by atoms with Crippen molar-refractivity contribution in [3.05, 3.63) is 35.1 Å². The van der Waals surface area contributed by atoms with E-state index in [9.17, 15) is 4.39 Å². The van der Waals surface area contributed by atoms with Crippen LogP contribution in [0.4, 0.5) is 4.39 Å². The van der Waals surface area contributed by atoms with Crippen LogP contribution in [-0.2, 0) is 16.1 Å². The zero-order valence-electron chi connectivity index (χ0n) is 10.2. The van der Waals surface area contributed by atoms with Crippen LogP contribution in [0, 0.1) is 23.1 Å². The zero-order chi connectivity index (χ0) is 12.8. The lowest BCUT2D eigenvalue weighted by Gasteiger charge is -2.21. The molecular formula is C14H16FNO2. The Hall–Kier alpha value is -1.44. The first kappa shape index (κ1) is 13.0. The van der Waals surface area contributed by atoms with Crippen molar-refractivity contribution in [3.63, 3.8) is 0 Å². The molecule has 0 saturated carbocycles. The lowest BCUT2D eigenvalue weighted by atomic mass is 10.0. The average molecular weight is 249 g/mol. The highest BCUT2D eigenvalue weighted by molar-refractivity contribution is 5.33. The molecule has 18 heavy (non-hydrogen) atoms. The second-order valence-corrected chi connectivity index (χ2v) is 4.53. The van der Waals surface area contributed by atoms with E-state index < -0.39 is 5.82 Å². The highest BCUT2D eigenvalue weighted by Crippen LogP contribution is 2.16. The van der Waals surface area contributed by atoms with Crippen molar-refractivity contribution in [1.82, 2.24) is 0 Å². The van der Waals surface area contributed by atoms with Crippen LogP contribution in [0.25, 0.3) is 0 Å². The van der Waals surface area contributed by atoms with Crippen molar-refractivity contribution in [3.8, 4) is 6.07 Å². The van der Waals surface area contributed by atoms with Gasteiger partial charge >= 0.3 is 0 Å². The average Bonchev–Trinajstić information content (AvgIpc) is 2.39. The van der Waals surface area contributed by atoms with Crippen molar-refractivity contribution >= 4 is 0 Å². The number of benzene rings is 1. The van der Waals surface area contributed by atoms with E-state index in [0.29, 0.717) is 30.3 Å². The second-order valence-electron chi connectivity index (χ2n) is 4.53. The van der Waals surface area contributed by atoms with E-state index in [1.54, 1.807) is 6.07 Å². The number of nitriles is 1. The number of halogens is 1. The molecule has 1 aromatic carbocycles. The number of ether oxygens (including phenoxy) is 2. The number of nitrogens with zero attached hydrogens (tertiary/aromatic N) is 1. The normalized spacial score (nSPS) is 16.4. The van der Waals surface area contributed by atoms with Crippen LogP contribution in [0.2, 0.25) is 0 Å². The minimum Gasteiger partial charge on any atom is -0.381 e. The summed E-state index contributed by atoms with van der Waals surface area (Å²) in [5, 5.41) is 8.74. The van der Waals surface area contributed by atoms with Crippen LogP contribution in [0.1, 0.15) is 24.0 Å². The summed E-state index contributed by atoms with van der Waals surface area (Å²) in [5.74, 6) is 0.140. The van der Waals surface area contributed by atoms with Gasteiger partial charge in [-0.25, -0.2) is 4.39 Å². The fraction of sp³-hybridized carbons (Fsp3) is 0.500. The standard InChI is InChI=1S/C14H16FNO2/c15-14-6-12(8-16)5-13(7-14)10-18-9-11-1-3-17-4-2-11/h5-7,11H,1-4,9-10H2. The van der Waals surface area contributed by atoms with Gasteiger partial charge in [0.05, 0.1) is 24.8 Å². The summed E-state index contributed by atoms with van der Waals surface area (Å²) in [6, 6.07) is 6.23. The van der Waals surface area contributed by atoms with Gasteiger partial charge in [-0.1, -0.05) is 0 Å². The lowest BCUT2D eigenvalue weighted by Crippen LogP contribution is -2.20. The molecule has 96 valence electrons. The van der Waals surface area contributed by atoms with E-state index >= 15 is 0 Å². The molecule has 0 N–H and O–H groups in total. The van der Waals surface area contributed by atoms with Crippen LogP contribution in [-0.4, -0.2) is 19.8 Å². The Morgan fingerprint density at radius 2 is 2.11 bits per heavy atom. The monoisotopic (exact) mass is 249 g/mol. The Morgan fingerprint density at radius 1 is 1.33 bits per heavy atom. The molecule has 3 nitrogen and oxygen atoms in total. The maximum Gasteiger partial charge on any atom is 0.124 e. The molecular weight excluding hydrogens is 233 g/mol. The van der Waals surface area contributed by atoms with Crippen LogP contribution < -0.4 is 0 Å². The fourth-order valence-corrected chi connectivity index (χ4v) is 2.05. The summed E-state index contributed by atoms with van der Waals surface area (Å²) in [6.45, 7) is 2.62.